The van der Waals surface area contributed by atoms with Crippen LogP contribution in [0.4, 0.5) is 5.69 Å². The Balaban J connectivity index is 2.16. The van der Waals surface area contributed by atoms with Gasteiger partial charge in [-0.2, -0.15) is 0 Å². The number of anilines is 1. The van der Waals surface area contributed by atoms with Gasteiger partial charge in [0.05, 0.1) is 29.2 Å². The number of methoxy groups -OCH3 is 1. The average Bonchev–Trinajstić information content (AvgIpc) is 2.66. The minimum atomic E-state index is -3.93. The second-order valence-corrected chi connectivity index (χ2v) is 8.15. The Morgan fingerprint density at radius 1 is 1.17 bits per heavy atom. The molecule has 0 atom stereocenters. The second-order valence-electron chi connectivity index (χ2n) is 6.06. The lowest BCUT2D eigenvalue weighted by molar-refractivity contribution is -0.137. The summed E-state index contributed by atoms with van der Waals surface area (Å²) in [6.45, 7) is 1.89. The highest BCUT2D eigenvalue weighted by Crippen LogP contribution is 2.26. The van der Waals surface area contributed by atoms with Gasteiger partial charge in [0.2, 0.25) is 0 Å². The summed E-state index contributed by atoms with van der Waals surface area (Å²) in [4.78, 5) is 22.2. The Labute approximate surface area is 173 Å². The number of aliphatic carboxylic acids is 1. The number of rotatable bonds is 9. The minimum Gasteiger partial charge on any atom is -0.493 e. The Hall–Kier alpha value is -2.78. The van der Waals surface area contributed by atoms with Crippen LogP contribution in [-0.4, -0.2) is 39.2 Å². The number of benzene rings is 2. The Morgan fingerprint density at radius 2 is 1.90 bits per heavy atom. The van der Waals surface area contributed by atoms with E-state index in [-0.39, 0.29) is 34.2 Å². The number of aryl methyl sites for hydroxylation is 1. The molecule has 0 heterocycles. The lowest BCUT2D eigenvalue weighted by Crippen LogP contribution is -2.14. The molecule has 0 aliphatic carbocycles. The highest BCUT2D eigenvalue weighted by molar-refractivity contribution is 7.92. The number of carboxylic acid groups (broad SMARTS) is 1. The van der Waals surface area contributed by atoms with E-state index in [1.165, 1.54) is 43.5 Å². The fraction of sp³-hybridized carbons (Fsp3) is 0.263. The van der Waals surface area contributed by atoms with Crippen LogP contribution in [0.15, 0.2) is 41.3 Å². The number of carbonyl (C=O) groups excluding carboxylic acids is 1. The van der Waals surface area contributed by atoms with Gasteiger partial charge in [-0.05, 0) is 55.3 Å². The van der Waals surface area contributed by atoms with Crippen LogP contribution in [0.1, 0.15) is 28.8 Å². The summed E-state index contributed by atoms with van der Waals surface area (Å²) < 4.78 is 37.8. The predicted molar refractivity (Wildman–Crippen MR) is 107 cm³/mol. The summed E-state index contributed by atoms with van der Waals surface area (Å²) in [6, 6.07) is 8.43. The maximum Gasteiger partial charge on any atom is 0.339 e. The van der Waals surface area contributed by atoms with Crippen LogP contribution >= 0.6 is 11.6 Å². The molecule has 0 spiro atoms. The smallest absolute Gasteiger partial charge is 0.339 e. The molecule has 156 valence electrons. The minimum absolute atomic E-state index is 0.00227. The summed E-state index contributed by atoms with van der Waals surface area (Å²) >= 11 is 5.94. The first-order chi connectivity index (χ1) is 13.6. The van der Waals surface area contributed by atoms with Crippen molar-refractivity contribution < 1.29 is 32.6 Å². The number of sulfonamides is 1. The van der Waals surface area contributed by atoms with Gasteiger partial charge in [-0.15, -0.1) is 0 Å². The number of ether oxygens (including phenoxy) is 2. The molecular weight excluding hydrogens is 422 g/mol. The number of esters is 1. The Morgan fingerprint density at radius 3 is 2.52 bits per heavy atom. The first-order valence-electron chi connectivity index (χ1n) is 8.50. The standard InChI is InChI=1S/C19H20ClNO7S/c1-12-10-14(6-8-17(12)28-9-3-4-18(22)23)29(25,26)21-13-5-7-16(20)15(11-13)19(24)27-2/h5-8,10-11,21H,3-4,9H2,1-2H3,(H,22,23). The molecule has 0 fully saturated rings. The molecule has 0 radical (unpaired) electrons. The van der Waals surface area contributed by atoms with E-state index in [0.29, 0.717) is 17.7 Å². The highest BCUT2D eigenvalue weighted by Gasteiger charge is 2.18. The van der Waals surface area contributed by atoms with Gasteiger partial charge >= 0.3 is 11.9 Å². The number of nitrogens with one attached hydrogen (secondary N) is 1. The van der Waals surface area contributed by atoms with Crippen LogP contribution in [0.25, 0.3) is 0 Å². The monoisotopic (exact) mass is 441 g/mol. The highest BCUT2D eigenvalue weighted by atomic mass is 35.5. The van der Waals surface area contributed by atoms with E-state index in [0.717, 1.165) is 0 Å². The molecule has 0 saturated heterocycles. The first kappa shape index (κ1) is 22.5. The average molecular weight is 442 g/mol. The van der Waals surface area contributed by atoms with Gasteiger partial charge in [0.1, 0.15) is 5.75 Å². The third-order valence-corrected chi connectivity index (χ3v) is 5.58. The number of hydrogen-bond acceptors (Lipinski definition) is 6. The topological polar surface area (TPSA) is 119 Å². The molecule has 8 nitrogen and oxygen atoms in total. The zero-order valence-electron chi connectivity index (χ0n) is 15.8. The van der Waals surface area contributed by atoms with E-state index >= 15 is 0 Å². The van der Waals surface area contributed by atoms with Gasteiger partial charge in [-0.25, -0.2) is 13.2 Å². The number of carbonyl (C=O) groups is 2. The molecule has 0 saturated carbocycles. The van der Waals surface area contributed by atoms with Crippen LogP contribution in [0, 0.1) is 6.92 Å². The van der Waals surface area contributed by atoms with Crippen molar-refractivity contribution in [1.82, 2.24) is 0 Å². The molecule has 29 heavy (non-hydrogen) atoms. The summed E-state index contributed by atoms with van der Waals surface area (Å²) in [5.74, 6) is -1.12. The Kier molecular flexibility index (Phi) is 7.46. The van der Waals surface area contributed by atoms with Gasteiger partial charge < -0.3 is 14.6 Å². The van der Waals surface area contributed by atoms with E-state index < -0.39 is 22.0 Å². The summed E-state index contributed by atoms with van der Waals surface area (Å²) in [5.41, 5.74) is 0.770. The van der Waals surface area contributed by atoms with Crippen molar-refractivity contribution in [2.45, 2.75) is 24.7 Å². The third-order valence-electron chi connectivity index (χ3n) is 3.87. The summed E-state index contributed by atoms with van der Waals surface area (Å²) in [6.07, 6.45) is 0.333. The van der Waals surface area contributed by atoms with Crippen LogP contribution in [0.5, 0.6) is 5.75 Å². The van der Waals surface area contributed by atoms with Crippen LogP contribution in [0.3, 0.4) is 0 Å². The third kappa shape index (κ3) is 6.10. The van der Waals surface area contributed by atoms with Crippen molar-refractivity contribution >= 4 is 39.3 Å². The fourth-order valence-corrected chi connectivity index (χ4v) is 3.75. The van der Waals surface area contributed by atoms with Crippen molar-refractivity contribution in [1.29, 1.82) is 0 Å². The zero-order valence-corrected chi connectivity index (χ0v) is 17.3. The van der Waals surface area contributed by atoms with Gasteiger partial charge in [0, 0.05) is 12.1 Å². The maximum absolute atomic E-state index is 12.7. The SMILES string of the molecule is COC(=O)c1cc(NS(=O)(=O)c2ccc(OCCCC(=O)O)c(C)c2)ccc1Cl. The summed E-state index contributed by atoms with van der Waals surface area (Å²) in [7, 11) is -2.73. The van der Waals surface area contributed by atoms with Crippen molar-refractivity contribution in [3.63, 3.8) is 0 Å². The van der Waals surface area contributed by atoms with Gasteiger partial charge in [0.25, 0.3) is 10.0 Å². The zero-order chi connectivity index (χ0) is 21.6. The molecule has 0 aliphatic heterocycles. The van der Waals surface area contributed by atoms with Crippen molar-refractivity contribution in [3.8, 4) is 5.75 Å². The number of carboxylic acids is 1. The van der Waals surface area contributed by atoms with Gasteiger partial charge in [-0.1, -0.05) is 11.6 Å². The Bertz CT molecular complexity index is 1020. The van der Waals surface area contributed by atoms with Crippen molar-refractivity contribution in [3.05, 3.63) is 52.5 Å². The van der Waals surface area contributed by atoms with E-state index in [1.807, 2.05) is 0 Å². The fourth-order valence-electron chi connectivity index (χ4n) is 2.43. The van der Waals surface area contributed by atoms with Gasteiger partial charge in [0.15, 0.2) is 0 Å². The summed E-state index contributed by atoms with van der Waals surface area (Å²) in [5, 5.41) is 8.77. The van der Waals surface area contributed by atoms with E-state index in [9.17, 15) is 18.0 Å². The van der Waals surface area contributed by atoms with E-state index in [2.05, 4.69) is 9.46 Å². The van der Waals surface area contributed by atoms with E-state index in [4.69, 9.17) is 21.4 Å². The molecule has 0 unspecified atom stereocenters. The lowest BCUT2D eigenvalue weighted by Gasteiger charge is -2.13. The maximum atomic E-state index is 12.7. The quantitative estimate of drug-likeness (QED) is 0.451. The van der Waals surface area contributed by atoms with Crippen molar-refractivity contribution in [2.75, 3.05) is 18.4 Å². The molecule has 0 bridgehead atoms. The normalized spacial score (nSPS) is 11.0. The van der Waals surface area contributed by atoms with Crippen LogP contribution < -0.4 is 9.46 Å². The molecule has 2 aromatic rings. The number of halogens is 1. The molecule has 2 aromatic carbocycles. The van der Waals surface area contributed by atoms with Crippen molar-refractivity contribution in [2.24, 2.45) is 0 Å². The lowest BCUT2D eigenvalue weighted by atomic mass is 10.2. The largest absolute Gasteiger partial charge is 0.493 e. The number of hydrogen-bond donors (Lipinski definition) is 2. The molecule has 2 rings (SSSR count). The first-order valence-corrected chi connectivity index (χ1v) is 10.4. The molecular formula is C19H20ClNO7S. The van der Waals surface area contributed by atoms with E-state index in [1.54, 1.807) is 6.92 Å². The molecule has 0 aliphatic rings. The molecule has 0 amide bonds. The van der Waals surface area contributed by atoms with Gasteiger partial charge in [-0.3, -0.25) is 9.52 Å². The molecule has 0 aromatic heterocycles. The molecule has 2 N–H and O–H groups in total. The second kappa shape index (κ2) is 9.62. The molecule has 10 heteroatoms. The predicted octanol–water partition coefficient (Wildman–Crippen LogP) is 3.48. The van der Waals surface area contributed by atoms with Crippen LogP contribution in [0.2, 0.25) is 5.02 Å². The van der Waals surface area contributed by atoms with Crippen LogP contribution in [-0.2, 0) is 19.6 Å².